The lowest BCUT2D eigenvalue weighted by Gasteiger charge is -2.41. The van der Waals surface area contributed by atoms with Crippen molar-refractivity contribution in [3.05, 3.63) is 52.5 Å². The van der Waals surface area contributed by atoms with Gasteiger partial charge in [-0.15, -0.1) is 11.3 Å². The number of ether oxygens (including phenoxy) is 2. The van der Waals surface area contributed by atoms with E-state index in [2.05, 4.69) is 50.1 Å². The van der Waals surface area contributed by atoms with Crippen molar-refractivity contribution < 1.29 is 23.9 Å². The highest BCUT2D eigenvalue weighted by molar-refractivity contribution is 7.80. The van der Waals surface area contributed by atoms with Crippen LogP contribution in [-0.4, -0.2) is 89.5 Å². The number of Topliss-reactive ketones (excluding diaryl/α,β-unsaturated/α-hetero) is 1. The number of rotatable bonds is 20. The van der Waals surface area contributed by atoms with Gasteiger partial charge >= 0.3 is 0 Å². The van der Waals surface area contributed by atoms with Gasteiger partial charge in [0.1, 0.15) is 10.8 Å². The summed E-state index contributed by atoms with van der Waals surface area (Å²) in [5.41, 5.74) is 0.858. The van der Waals surface area contributed by atoms with Crippen LogP contribution in [0.3, 0.4) is 0 Å². The average molecular weight is 783 g/mol. The summed E-state index contributed by atoms with van der Waals surface area (Å²) in [4.78, 5) is 51.3. The molecule has 2 fully saturated rings. The Kier molecular flexibility index (Phi) is 16.7. The van der Waals surface area contributed by atoms with Crippen LogP contribution in [0.5, 0.6) is 0 Å². The summed E-state index contributed by atoms with van der Waals surface area (Å²) < 4.78 is 12.3. The van der Waals surface area contributed by atoms with Gasteiger partial charge in [-0.3, -0.25) is 14.4 Å². The fourth-order valence-corrected chi connectivity index (χ4v) is 9.78. The molecule has 300 valence electrons. The molecular formula is C43H66N4O5S2. The molecule has 0 spiro atoms. The maximum atomic E-state index is 14.3. The molecular weight excluding hydrogens is 717 g/mol. The topological polar surface area (TPSA) is 101 Å². The summed E-state index contributed by atoms with van der Waals surface area (Å²) in [6, 6.07) is 9.75. The molecule has 8 atom stereocenters. The molecule has 11 heteroatoms. The number of carbonyl (C=O) groups excluding carboxylic acids is 3. The van der Waals surface area contributed by atoms with Gasteiger partial charge in [0.05, 0.1) is 41.7 Å². The van der Waals surface area contributed by atoms with Gasteiger partial charge in [0, 0.05) is 63.1 Å². The van der Waals surface area contributed by atoms with Crippen molar-refractivity contribution in [3.8, 4) is 0 Å². The van der Waals surface area contributed by atoms with Gasteiger partial charge in [0.2, 0.25) is 11.8 Å². The zero-order valence-electron chi connectivity index (χ0n) is 34.2. The number of ketones is 1. The van der Waals surface area contributed by atoms with E-state index in [0.29, 0.717) is 11.5 Å². The SMILES string of the molecule is CC[C@H](C)[C@@H]([C@@H](CC(=O)N1CCC[C@H]1[C@H](OC)[C@@H](C)C(=S)N[C@@H](Cc1ccccc1)c1nccs1)OC)N(C)C(=O)[C@@H](CC(=O)C1(C)CCCC1)C(C)C. The van der Waals surface area contributed by atoms with Crippen LogP contribution in [0.1, 0.15) is 116 Å². The van der Waals surface area contributed by atoms with E-state index in [4.69, 9.17) is 21.7 Å². The first kappa shape index (κ1) is 44.0. The molecule has 2 amide bonds. The minimum absolute atomic E-state index is 0.00296. The van der Waals surface area contributed by atoms with E-state index in [1.54, 1.807) is 30.5 Å². The molecule has 2 aromatic rings. The number of aromatic nitrogens is 1. The van der Waals surface area contributed by atoms with Crippen LogP contribution in [0.4, 0.5) is 0 Å². The summed E-state index contributed by atoms with van der Waals surface area (Å²) in [7, 11) is 5.17. The standard InChI is InChI=1S/C43H66N4O5S2/c1-10-29(4)38(46(7)42(50)32(28(2)3)26-36(48)43(6)20-14-15-21-43)35(51-8)27-37(49)47-23-16-19-34(47)39(52-9)30(5)40(53)45-33(41-44-22-24-54-41)25-31-17-12-11-13-18-31/h11-13,17-18,22,24,28-30,32-35,38-39H,10,14-16,19-21,23,25-27H2,1-9H3,(H,45,53)/t29-,30+,32-,33-,34-,35+,38-,39+/m0/s1. The number of nitrogens with zero attached hydrogens (tertiary/aromatic N) is 3. The van der Waals surface area contributed by atoms with Crippen molar-refractivity contribution in [1.82, 2.24) is 20.1 Å². The van der Waals surface area contributed by atoms with Crippen molar-refractivity contribution in [1.29, 1.82) is 0 Å². The highest BCUT2D eigenvalue weighted by Gasteiger charge is 2.44. The molecule has 1 aliphatic carbocycles. The second kappa shape index (κ2) is 20.4. The van der Waals surface area contributed by atoms with Gasteiger partial charge in [-0.25, -0.2) is 4.98 Å². The molecule has 0 radical (unpaired) electrons. The average Bonchev–Trinajstić information content (AvgIpc) is 3.97. The summed E-state index contributed by atoms with van der Waals surface area (Å²) in [6.07, 6.45) is 8.54. The Bertz CT molecular complexity index is 1500. The fraction of sp³-hybridized carbons (Fsp3) is 0.698. The van der Waals surface area contributed by atoms with Crippen LogP contribution >= 0.6 is 23.6 Å². The quantitative estimate of drug-likeness (QED) is 0.135. The summed E-state index contributed by atoms with van der Waals surface area (Å²) >= 11 is 7.66. The molecule has 1 saturated carbocycles. The summed E-state index contributed by atoms with van der Waals surface area (Å²) in [5, 5.41) is 6.56. The van der Waals surface area contributed by atoms with Gasteiger partial charge < -0.3 is 24.6 Å². The van der Waals surface area contributed by atoms with Crippen molar-refractivity contribution >= 4 is 46.1 Å². The molecule has 1 saturated heterocycles. The lowest BCUT2D eigenvalue weighted by molar-refractivity contribution is -0.149. The number of benzene rings is 1. The molecule has 4 rings (SSSR count). The van der Waals surface area contributed by atoms with Crippen molar-refractivity contribution in [3.63, 3.8) is 0 Å². The zero-order chi connectivity index (χ0) is 39.6. The number of hydrogen-bond donors (Lipinski definition) is 1. The second-order valence-corrected chi connectivity index (χ2v) is 17.8. The number of thiazole rings is 1. The Morgan fingerprint density at radius 1 is 1.06 bits per heavy atom. The number of thiocarbonyl (C=S) groups is 1. The number of methoxy groups -OCH3 is 2. The maximum absolute atomic E-state index is 14.3. The van der Waals surface area contributed by atoms with Gasteiger partial charge in [-0.05, 0) is 49.5 Å². The molecule has 1 aromatic heterocycles. The van der Waals surface area contributed by atoms with E-state index >= 15 is 0 Å². The molecule has 1 aromatic carbocycles. The second-order valence-electron chi connectivity index (χ2n) is 16.5. The Balaban J connectivity index is 1.47. The molecule has 0 unspecified atom stereocenters. The lowest BCUT2D eigenvalue weighted by Crippen LogP contribution is -2.54. The molecule has 9 nitrogen and oxygen atoms in total. The van der Waals surface area contributed by atoms with Gasteiger partial charge in [-0.1, -0.05) is 103 Å². The van der Waals surface area contributed by atoms with Crippen LogP contribution in [0.2, 0.25) is 0 Å². The minimum atomic E-state index is -0.517. The fourth-order valence-electron chi connectivity index (χ4n) is 8.82. The van der Waals surface area contributed by atoms with Gasteiger partial charge in [0.15, 0.2) is 0 Å². The van der Waals surface area contributed by atoms with E-state index in [0.717, 1.165) is 56.4 Å². The van der Waals surface area contributed by atoms with E-state index in [-0.39, 0.29) is 77.8 Å². The number of nitrogens with one attached hydrogen (secondary N) is 1. The third kappa shape index (κ3) is 10.8. The van der Waals surface area contributed by atoms with Crippen molar-refractivity contribution in [2.75, 3.05) is 27.8 Å². The first-order valence-corrected chi connectivity index (χ1v) is 21.4. The first-order chi connectivity index (χ1) is 25.8. The largest absolute Gasteiger partial charge is 0.379 e. The number of likely N-dealkylation sites (tertiary alicyclic amines) is 1. The summed E-state index contributed by atoms with van der Waals surface area (Å²) in [5.74, 6) is -0.379. The predicted molar refractivity (Wildman–Crippen MR) is 221 cm³/mol. The monoisotopic (exact) mass is 782 g/mol. The van der Waals surface area contributed by atoms with E-state index in [9.17, 15) is 14.4 Å². The maximum Gasteiger partial charge on any atom is 0.226 e. The van der Waals surface area contributed by atoms with Crippen LogP contribution in [0, 0.1) is 29.1 Å². The van der Waals surface area contributed by atoms with E-state index in [1.165, 1.54) is 5.56 Å². The van der Waals surface area contributed by atoms with Crippen molar-refractivity contribution in [2.45, 2.75) is 136 Å². The first-order valence-electron chi connectivity index (χ1n) is 20.1. The Morgan fingerprint density at radius 2 is 1.74 bits per heavy atom. The number of likely N-dealkylation sites (N-methyl/N-ethyl adjacent to an activating group) is 1. The Morgan fingerprint density at radius 3 is 2.31 bits per heavy atom. The molecule has 1 N–H and O–H groups in total. The van der Waals surface area contributed by atoms with Crippen LogP contribution in [0.15, 0.2) is 41.9 Å². The number of carbonyl (C=O) groups is 3. The van der Waals surface area contributed by atoms with Gasteiger partial charge in [-0.2, -0.15) is 0 Å². The molecule has 2 aliphatic rings. The lowest BCUT2D eigenvalue weighted by atomic mass is 9.77. The molecule has 54 heavy (non-hydrogen) atoms. The predicted octanol–water partition coefficient (Wildman–Crippen LogP) is 8.08. The molecule has 0 bridgehead atoms. The van der Waals surface area contributed by atoms with Crippen molar-refractivity contribution in [2.24, 2.45) is 29.1 Å². The summed E-state index contributed by atoms with van der Waals surface area (Å²) in [6.45, 7) is 13.0. The van der Waals surface area contributed by atoms with Crippen LogP contribution in [-0.2, 0) is 30.3 Å². The van der Waals surface area contributed by atoms with E-state index < -0.39 is 12.0 Å². The van der Waals surface area contributed by atoms with Crippen LogP contribution in [0.25, 0.3) is 0 Å². The highest BCUT2D eigenvalue weighted by Crippen LogP contribution is 2.41. The third-order valence-electron chi connectivity index (χ3n) is 12.5. The smallest absolute Gasteiger partial charge is 0.226 e. The van der Waals surface area contributed by atoms with E-state index in [1.807, 2.05) is 55.6 Å². The minimum Gasteiger partial charge on any atom is -0.379 e. The third-order valence-corrected chi connectivity index (χ3v) is 13.9. The highest BCUT2D eigenvalue weighted by atomic mass is 32.1. The molecule has 1 aliphatic heterocycles. The number of amides is 2. The Hall–Kier alpha value is -2.73. The van der Waals surface area contributed by atoms with Crippen LogP contribution < -0.4 is 5.32 Å². The zero-order valence-corrected chi connectivity index (χ0v) is 35.8. The normalized spacial score (nSPS) is 20.9. The van der Waals surface area contributed by atoms with Gasteiger partial charge in [0.25, 0.3) is 0 Å². The number of hydrogen-bond acceptors (Lipinski definition) is 8. The Labute approximate surface area is 334 Å². The molecule has 2 heterocycles.